The Kier molecular flexibility index (Phi) is 5.64. The normalized spacial score (nSPS) is 19.3. The van der Waals surface area contributed by atoms with Gasteiger partial charge < -0.3 is 20.1 Å². The van der Waals surface area contributed by atoms with Gasteiger partial charge in [0.1, 0.15) is 5.56 Å². The van der Waals surface area contributed by atoms with E-state index >= 15 is 0 Å². The van der Waals surface area contributed by atoms with Crippen LogP contribution in [-0.4, -0.2) is 22.8 Å². The molecule has 8 heteroatoms. The zero-order valence-electron chi connectivity index (χ0n) is 18.3. The fourth-order valence-electron chi connectivity index (χ4n) is 4.85. The van der Waals surface area contributed by atoms with E-state index in [-0.39, 0.29) is 35.5 Å². The molecular formula is C24H27ClN2O4S. The number of aromatic nitrogens is 1. The lowest BCUT2D eigenvalue weighted by Gasteiger charge is -2.33. The molecule has 1 unspecified atom stereocenters. The Morgan fingerprint density at radius 3 is 2.66 bits per heavy atom. The summed E-state index contributed by atoms with van der Waals surface area (Å²) in [5, 5.41) is 9.90. The van der Waals surface area contributed by atoms with Crippen LogP contribution in [-0.2, 0) is 6.42 Å². The number of benzene rings is 1. The van der Waals surface area contributed by atoms with Crippen molar-refractivity contribution in [3.05, 3.63) is 50.6 Å². The summed E-state index contributed by atoms with van der Waals surface area (Å²) in [5.41, 5.74) is 8.76. The predicted octanol–water partition coefficient (Wildman–Crippen LogP) is 5.17. The highest BCUT2D eigenvalue weighted by molar-refractivity contribution is 7.15. The number of fused-ring (bicyclic) bond motifs is 2. The second kappa shape index (κ2) is 7.90. The summed E-state index contributed by atoms with van der Waals surface area (Å²) in [6.07, 6.45) is 5.34. The van der Waals surface area contributed by atoms with Crippen LogP contribution in [0.2, 0.25) is 0 Å². The van der Waals surface area contributed by atoms with Crippen molar-refractivity contribution in [2.24, 2.45) is 11.1 Å². The Balaban J connectivity index is 0.00000245. The number of carbonyl (C=O) groups is 1. The number of nitrogens with zero attached hydrogens (tertiary/aromatic N) is 1. The molecule has 6 nitrogen and oxygen atoms in total. The second-order valence-electron chi connectivity index (χ2n) is 9.50. The molecule has 1 aromatic carbocycles. The van der Waals surface area contributed by atoms with E-state index in [2.05, 4.69) is 19.9 Å². The van der Waals surface area contributed by atoms with Gasteiger partial charge in [-0.1, -0.05) is 13.8 Å². The van der Waals surface area contributed by atoms with Crippen molar-refractivity contribution in [3.8, 4) is 16.2 Å². The molecule has 0 aliphatic heterocycles. The van der Waals surface area contributed by atoms with Crippen molar-refractivity contribution < 1.29 is 14.6 Å². The van der Waals surface area contributed by atoms with Crippen LogP contribution >= 0.6 is 23.7 Å². The standard InChI is InChI=1S/C24H26N2O4S.ClH/c1-24(2)9-17(25)15-8-18(31-19(15)10-24)13-6-7-14-20(22(13)30-3)26(12-4-5-12)11-16(21(14)27)23(28)29;/h6-8,11-12,17H,4-5,9-10,25H2,1-3H3,(H,28,29);1H. The van der Waals surface area contributed by atoms with Crippen molar-refractivity contribution in [1.82, 2.24) is 4.57 Å². The van der Waals surface area contributed by atoms with Crippen LogP contribution in [0.5, 0.6) is 5.75 Å². The third-order valence-corrected chi connectivity index (χ3v) is 7.62. The van der Waals surface area contributed by atoms with Gasteiger partial charge in [0.05, 0.1) is 18.0 Å². The number of carboxylic acids is 1. The maximum atomic E-state index is 12.9. The van der Waals surface area contributed by atoms with E-state index in [9.17, 15) is 14.7 Å². The van der Waals surface area contributed by atoms with E-state index in [4.69, 9.17) is 10.5 Å². The van der Waals surface area contributed by atoms with Gasteiger partial charge in [-0.3, -0.25) is 4.79 Å². The van der Waals surface area contributed by atoms with Crippen molar-refractivity contribution in [1.29, 1.82) is 0 Å². The van der Waals surface area contributed by atoms with Gasteiger partial charge in [-0.25, -0.2) is 4.79 Å². The quantitative estimate of drug-likeness (QED) is 0.544. The minimum Gasteiger partial charge on any atom is -0.494 e. The molecule has 2 aliphatic rings. The Morgan fingerprint density at radius 2 is 2.03 bits per heavy atom. The maximum absolute atomic E-state index is 12.9. The van der Waals surface area contributed by atoms with Gasteiger partial charge in [0.2, 0.25) is 5.43 Å². The van der Waals surface area contributed by atoms with E-state index in [0.717, 1.165) is 36.1 Å². The third-order valence-electron chi connectivity index (χ3n) is 6.44. The number of thiophene rings is 1. The van der Waals surface area contributed by atoms with Crippen LogP contribution in [0.25, 0.3) is 21.3 Å². The minimum absolute atomic E-state index is 0. The first-order valence-corrected chi connectivity index (χ1v) is 11.4. The molecule has 0 bridgehead atoms. The second-order valence-corrected chi connectivity index (χ2v) is 10.6. The maximum Gasteiger partial charge on any atom is 0.341 e. The molecule has 3 aromatic rings. The van der Waals surface area contributed by atoms with Crippen LogP contribution in [0.3, 0.4) is 0 Å². The van der Waals surface area contributed by atoms with Gasteiger partial charge in [-0.05, 0) is 54.9 Å². The number of carboxylic acid groups (broad SMARTS) is 1. The van der Waals surface area contributed by atoms with Gasteiger partial charge in [-0.2, -0.15) is 0 Å². The van der Waals surface area contributed by atoms with E-state index in [1.807, 2.05) is 10.6 Å². The highest BCUT2D eigenvalue weighted by Crippen LogP contribution is 2.48. The first-order valence-electron chi connectivity index (χ1n) is 10.6. The summed E-state index contributed by atoms with van der Waals surface area (Å²) in [7, 11) is 1.60. The van der Waals surface area contributed by atoms with Crippen LogP contribution in [0.15, 0.2) is 29.2 Å². The largest absolute Gasteiger partial charge is 0.494 e. The molecule has 2 heterocycles. The van der Waals surface area contributed by atoms with Crippen molar-refractivity contribution in [2.45, 2.75) is 51.6 Å². The number of hydrogen-bond acceptors (Lipinski definition) is 5. The molecule has 1 atom stereocenters. The number of halogens is 1. The first-order chi connectivity index (χ1) is 14.7. The summed E-state index contributed by atoms with van der Waals surface area (Å²) in [5.74, 6) is -0.586. The number of hydrogen-bond donors (Lipinski definition) is 2. The molecule has 0 amide bonds. The van der Waals surface area contributed by atoms with Gasteiger partial charge in [0.15, 0.2) is 5.75 Å². The van der Waals surface area contributed by atoms with E-state index in [0.29, 0.717) is 16.7 Å². The molecule has 5 rings (SSSR count). The zero-order chi connectivity index (χ0) is 22.1. The number of methoxy groups -OCH3 is 1. The summed E-state index contributed by atoms with van der Waals surface area (Å²) >= 11 is 1.73. The summed E-state index contributed by atoms with van der Waals surface area (Å²) < 4.78 is 7.78. The van der Waals surface area contributed by atoms with E-state index < -0.39 is 11.4 Å². The minimum atomic E-state index is -1.20. The topological polar surface area (TPSA) is 94.6 Å². The molecule has 1 fully saturated rings. The zero-order valence-corrected chi connectivity index (χ0v) is 19.9. The smallest absolute Gasteiger partial charge is 0.341 e. The Morgan fingerprint density at radius 1 is 1.31 bits per heavy atom. The number of aromatic carboxylic acids is 1. The number of pyridine rings is 1. The Bertz CT molecular complexity index is 1290. The first kappa shape index (κ1) is 22.8. The third kappa shape index (κ3) is 3.62. The van der Waals surface area contributed by atoms with Crippen molar-refractivity contribution in [2.75, 3.05) is 7.11 Å². The van der Waals surface area contributed by atoms with Gasteiger partial charge in [0, 0.05) is 33.6 Å². The van der Waals surface area contributed by atoms with Crippen molar-refractivity contribution in [3.63, 3.8) is 0 Å². The highest BCUT2D eigenvalue weighted by Gasteiger charge is 2.33. The summed E-state index contributed by atoms with van der Waals surface area (Å²) in [6, 6.07) is 5.98. The lowest BCUT2D eigenvalue weighted by atomic mass is 9.75. The lowest BCUT2D eigenvalue weighted by molar-refractivity contribution is 0.0695. The van der Waals surface area contributed by atoms with Crippen molar-refractivity contribution >= 4 is 40.6 Å². The molecule has 1 saturated carbocycles. The monoisotopic (exact) mass is 474 g/mol. The lowest BCUT2D eigenvalue weighted by Crippen LogP contribution is -2.28. The van der Waals surface area contributed by atoms with E-state index in [1.54, 1.807) is 24.5 Å². The van der Waals surface area contributed by atoms with Gasteiger partial charge >= 0.3 is 5.97 Å². The molecule has 3 N–H and O–H groups in total. The highest BCUT2D eigenvalue weighted by atomic mass is 35.5. The van der Waals surface area contributed by atoms with Crippen LogP contribution < -0.4 is 15.9 Å². The molecule has 2 aliphatic carbocycles. The summed E-state index contributed by atoms with van der Waals surface area (Å²) in [6.45, 7) is 4.50. The van der Waals surface area contributed by atoms with Gasteiger partial charge in [-0.15, -0.1) is 23.7 Å². The SMILES string of the molecule is COc1c(-c2cc3c(s2)CC(C)(C)CC3N)ccc2c(=O)c(C(=O)O)cn(C3CC3)c12.Cl. The Labute approximate surface area is 196 Å². The average Bonchev–Trinajstić information content (AvgIpc) is 3.45. The molecule has 170 valence electrons. The number of rotatable bonds is 4. The molecule has 2 aromatic heterocycles. The van der Waals surface area contributed by atoms with Crippen LogP contribution in [0.1, 0.15) is 66.0 Å². The molecule has 0 saturated heterocycles. The fraction of sp³-hybridized carbons (Fsp3) is 0.417. The number of nitrogens with two attached hydrogens (primary N) is 1. The molecule has 0 spiro atoms. The molecule has 0 radical (unpaired) electrons. The summed E-state index contributed by atoms with van der Waals surface area (Å²) in [4.78, 5) is 26.9. The molecular weight excluding hydrogens is 448 g/mol. The van der Waals surface area contributed by atoms with Crippen LogP contribution in [0.4, 0.5) is 0 Å². The Hall–Kier alpha value is -2.35. The van der Waals surface area contributed by atoms with Gasteiger partial charge in [0.25, 0.3) is 0 Å². The van der Waals surface area contributed by atoms with Crippen LogP contribution in [0, 0.1) is 5.41 Å². The fourth-order valence-corrected chi connectivity index (χ4v) is 6.36. The predicted molar refractivity (Wildman–Crippen MR) is 130 cm³/mol. The average molecular weight is 475 g/mol. The molecule has 32 heavy (non-hydrogen) atoms. The number of ether oxygens (including phenoxy) is 1. The van der Waals surface area contributed by atoms with E-state index in [1.165, 1.54) is 16.6 Å².